The van der Waals surface area contributed by atoms with Gasteiger partial charge < -0.3 is 15.8 Å². The zero-order valence-corrected chi connectivity index (χ0v) is 8.99. The maximum atomic E-state index is 5.68. The highest BCUT2D eigenvalue weighted by Crippen LogP contribution is 2.25. The molecule has 0 atom stereocenters. The molecule has 4 nitrogen and oxygen atoms in total. The molecule has 1 fully saturated rings. The van der Waals surface area contributed by atoms with Crippen LogP contribution in [-0.4, -0.2) is 23.7 Å². The Kier molecular flexibility index (Phi) is 2.77. The van der Waals surface area contributed by atoms with Crippen LogP contribution in [-0.2, 0) is 4.74 Å². The van der Waals surface area contributed by atoms with E-state index in [1.807, 2.05) is 6.07 Å². The Bertz CT molecular complexity index is 334. The lowest BCUT2D eigenvalue weighted by molar-refractivity contribution is 0.0658. The van der Waals surface area contributed by atoms with E-state index in [4.69, 9.17) is 10.5 Å². The molecule has 1 aliphatic rings. The van der Waals surface area contributed by atoms with Gasteiger partial charge in [0.2, 0.25) is 0 Å². The first kappa shape index (κ1) is 10.2. The number of nitrogens with two attached hydrogens (primary N) is 1. The molecule has 0 spiro atoms. The van der Waals surface area contributed by atoms with Gasteiger partial charge in [0.25, 0.3) is 0 Å². The molecule has 0 unspecified atom stereocenters. The van der Waals surface area contributed by atoms with Crippen LogP contribution in [0.3, 0.4) is 0 Å². The molecule has 1 saturated heterocycles. The number of pyridine rings is 1. The lowest BCUT2D eigenvalue weighted by Crippen LogP contribution is -2.40. The minimum absolute atomic E-state index is 0.105. The minimum Gasteiger partial charge on any atom is -0.397 e. The van der Waals surface area contributed by atoms with Crippen molar-refractivity contribution in [2.24, 2.45) is 0 Å². The number of hydrogen-bond donors (Lipinski definition) is 2. The Morgan fingerprint density at radius 3 is 2.80 bits per heavy atom. The lowest BCUT2D eigenvalue weighted by atomic mass is 9.92. The minimum atomic E-state index is 0.105. The number of rotatable bonds is 2. The molecule has 4 heteroatoms. The van der Waals surface area contributed by atoms with Gasteiger partial charge >= 0.3 is 0 Å². The van der Waals surface area contributed by atoms with Gasteiger partial charge in [0.15, 0.2) is 0 Å². The molecule has 1 aromatic rings. The summed E-state index contributed by atoms with van der Waals surface area (Å²) in [6.07, 6.45) is 5.48. The normalized spacial score (nSPS) is 19.8. The number of aromatic nitrogens is 1. The maximum absolute atomic E-state index is 5.68. The Balaban J connectivity index is 2.06. The number of nitrogens with one attached hydrogen (secondary N) is 1. The summed E-state index contributed by atoms with van der Waals surface area (Å²) in [6, 6.07) is 1.91. The molecule has 82 valence electrons. The van der Waals surface area contributed by atoms with Crippen LogP contribution in [0.2, 0.25) is 0 Å². The van der Waals surface area contributed by atoms with Crippen molar-refractivity contribution in [3.8, 4) is 0 Å². The van der Waals surface area contributed by atoms with Gasteiger partial charge in [-0.1, -0.05) is 0 Å². The van der Waals surface area contributed by atoms with Gasteiger partial charge in [-0.2, -0.15) is 0 Å². The molecule has 0 aromatic carbocycles. The van der Waals surface area contributed by atoms with Gasteiger partial charge in [-0.05, 0) is 25.8 Å². The highest BCUT2D eigenvalue weighted by Gasteiger charge is 2.26. The maximum Gasteiger partial charge on any atom is 0.0551 e. The zero-order chi connectivity index (χ0) is 10.7. The fourth-order valence-electron chi connectivity index (χ4n) is 1.82. The summed E-state index contributed by atoms with van der Waals surface area (Å²) in [6.45, 7) is 3.84. The van der Waals surface area contributed by atoms with E-state index < -0.39 is 0 Å². The van der Waals surface area contributed by atoms with Crippen LogP contribution in [0.4, 0.5) is 11.4 Å². The van der Waals surface area contributed by atoms with E-state index in [0.29, 0.717) is 5.69 Å². The third kappa shape index (κ3) is 2.59. The summed E-state index contributed by atoms with van der Waals surface area (Å²) in [5, 5.41) is 3.48. The van der Waals surface area contributed by atoms with E-state index in [9.17, 15) is 0 Å². The van der Waals surface area contributed by atoms with Crippen molar-refractivity contribution in [3.63, 3.8) is 0 Å². The van der Waals surface area contributed by atoms with Crippen molar-refractivity contribution in [2.45, 2.75) is 25.3 Å². The van der Waals surface area contributed by atoms with E-state index in [2.05, 4.69) is 17.2 Å². The van der Waals surface area contributed by atoms with Crippen LogP contribution in [0, 0.1) is 0 Å². The van der Waals surface area contributed by atoms with Crippen LogP contribution in [0.5, 0.6) is 0 Å². The van der Waals surface area contributed by atoms with Crippen molar-refractivity contribution in [1.82, 2.24) is 4.98 Å². The number of nitrogens with zero attached hydrogens (tertiary/aromatic N) is 1. The predicted octanol–water partition coefficient (Wildman–Crippen LogP) is 1.64. The second-order valence-electron chi connectivity index (χ2n) is 4.30. The van der Waals surface area contributed by atoms with Crippen molar-refractivity contribution in [1.29, 1.82) is 0 Å². The predicted molar refractivity (Wildman–Crippen MR) is 60.7 cm³/mol. The molecule has 0 amide bonds. The summed E-state index contributed by atoms with van der Waals surface area (Å²) in [5.74, 6) is 0. The number of ether oxygens (including phenoxy) is 1. The average molecular weight is 207 g/mol. The van der Waals surface area contributed by atoms with Crippen LogP contribution >= 0.6 is 0 Å². The van der Waals surface area contributed by atoms with Gasteiger partial charge in [0, 0.05) is 24.9 Å². The second-order valence-corrected chi connectivity index (χ2v) is 4.30. The molecule has 0 saturated carbocycles. The third-order valence-electron chi connectivity index (χ3n) is 2.80. The Labute approximate surface area is 89.8 Å². The third-order valence-corrected chi connectivity index (χ3v) is 2.80. The Hall–Kier alpha value is -1.29. The van der Waals surface area contributed by atoms with E-state index in [0.717, 1.165) is 31.7 Å². The lowest BCUT2D eigenvalue weighted by Gasteiger charge is -2.35. The van der Waals surface area contributed by atoms with Crippen LogP contribution in [0.1, 0.15) is 19.8 Å². The molecule has 3 N–H and O–H groups in total. The molecule has 1 aliphatic heterocycles. The highest BCUT2D eigenvalue weighted by atomic mass is 16.5. The average Bonchev–Trinajstić information content (AvgIpc) is 2.18. The molecule has 15 heavy (non-hydrogen) atoms. The summed E-state index contributed by atoms with van der Waals surface area (Å²) >= 11 is 0. The summed E-state index contributed by atoms with van der Waals surface area (Å²) in [5.41, 5.74) is 7.46. The van der Waals surface area contributed by atoms with Crippen LogP contribution in [0.25, 0.3) is 0 Å². The SMILES string of the molecule is CC1(Nc2cncc(N)c2)CCOCC1. The fraction of sp³-hybridized carbons (Fsp3) is 0.545. The molecular weight excluding hydrogens is 190 g/mol. The van der Waals surface area contributed by atoms with Crippen molar-refractivity contribution < 1.29 is 4.74 Å². The van der Waals surface area contributed by atoms with Gasteiger partial charge in [-0.25, -0.2) is 0 Å². The Morgan fingerprint density at radius 1 is 1.40 bits per heavy atom. The summed E-state index contributed by atoms with van der Waals surface area (Å²) < 4.78 is 5.35. The van der Waals surface area contributed by atoms with E-state index >= 15 is 0 Å². The number of nitrogen functional groups attached to an aromatic ring is 1. The highest BCUT2D eigenvalue weighted by molar-refractivity contribution is 5.52. The molecule has 1 aromatic heterocycles. The number of anilines is 2. The van der Waals surface area contributed by atoms with Gasteiger partial charge in [-0.3, -0.25) is 4.98 Å². The first-order chi connectivity index (χ1) is 7.18. The van der Waals surface area contributed by atoms with E-state index in [-0.39, 0.29) is 5.54 Å². The fourth-order valence-corrected chi connectivity index (χ4v) is 1.82. The standard InChI is InChI=1S/C11H17N3O/c1-11(2-4-15-5-3-11)14-10-6-9(12)7-13-8-10/h6-8,14H,2-5,12H2,1H3. The van der Waals surface area contributed by atoms with Crippen molar-refractivity contribution in [2.75, 3.05) is 24.3 Å². The summed E-state index contributed by atoms with van der Waals surface area (Å²) in [7, 11) is 0. The van der Waals surface area contributed by atoms with E-state index in [1.165, 1.54) is 0 Å². The van der Waals surface area contributed by atoms with Crippen molar-refractivity contribution in [3.05, 3.63) is 18.5 Å². The molecule has 0 bridgehead atoms. The Morgan fingerprint density at radius 2 is 2.13 bits per heavy atom. The van der Waals surface area contributed by atoms with Crippen LogP contribution in [0.15, 0.2) is 18.5 Å². The number of hydrogen-bond acceptors (Lipinski definition) is 4. The topological polar surface area (TPSA) is 60.2 Å². The molecule has 2 heterocycles. The molecule has 0 aliphatic carbocycles. The molecule has 0 radical (unpaired) electrons. The monoisotopic (exact) mass is 207 g/mol. The molecular formula is C11H17N3O. The largest absolute Gasteiger partial charge is 0.397 e. The smallest absolute Gasteiger partial charge is 0.0551 e. The first-order valence-corrected chi connectivity index (χ1v) is 5.24. The van der Waals surface area contributed by atoms with Crippen molar-refractivity contribution >= 4 is 11.4 Å². The van der Waals surface area contributed by atoms with E-state index in [1.54, 1.807) is 12.4 Å². The zero-order valence-electron chi connectivity index (χ0n) is 8.99. The van der Waals surface area contributed by atoms with Gasteiger partial charge in [-0.15, -0.1) is 0 Å². The second kappa shape index (κ2) is 4.06. The first-order valence-electron chi connectivity index (χ1n) is 5.24. The van der Waals surface area contributed by atoms with Gasteiger partial charge in [0.05, 0.1) is 17.6 Å². The summed E-state index contributed by atoms with van der Waals surface area (Å²) in [4.78, 5) is 4.06. The molecule has 2 rings (SSSR count). The van der Waals surface area contributed by atoms with Gasteiger partial charge in [0.1, 0.15) is 0 Å². The quantitative estimate of drug-likeness (QED) is 0.774. The van der Waals surface area contributed by atoms with Crippen LogP contribution < -0.4 is 11.1 Å².